The second-order valence-electron chi connectivity index (χ2n) is 8.27. The summed E-state index contributed by atoms with van der Waals surface area (Å²) in [6.07, 6.45) is 3.47. The average Bonchev–Trinajstić information content (AvgIpc) is 3.23. The summed E-state index contributed by atoms with van der Waals surface area (Å²) in [5.41, 5.74) is 2.90. The number of aromatic nitrogens is 2. The first kappa shape index (κ1) is 21.2. The zero-order valence-corrected chi connectivity index (χ0v) is 18.0. The number of nitrogens with one attached hydrogen (secondary N) is 2. The third-order valence-corrected chi connectivity index (χ3v) is 6.17. The average molecular weight is 423 g/mol. The monoisotopic (exact) mass is 422 g/mol. The topological polar surface area (TPSA) is 90.5 Å². The minimum atomic E-state index is -0.301. The maximum atomic E-state index is 13.1. The molecule has 3 N–H and O–H groups in total. The molecule has 1 aliphatic rings. The van der Waals surface area contributed by atoms with Gasteiger partial charge in [-0.1, -0.05) is 24.3 Å². The Morgan fingerprint density at radius 2 is 1.90 bits per heavy atom. The van der Waals surface area contributed by atoms with Crippen LogP contribution in [-0.2, 0) is 6.42 Å². The number of hydrogen-bond acceptors (Lipinski definition) is 4. The SMILES string of the molecule is COc1ccc(CC(NC(=O)N(C)[C@H]2CC[C@H](O)CC2)c2nc3ccccc3[nH]2)cc1. The summed E-state index contributed by atoms with van der Waals surface area (Å²) >= 11 is 0. The van der Waals surface area contributed by atoms with E-state index in [2.05, 4.69) is 10.3 Å². The van der Waals surface area contributed by atoms with Crippen LogP contribution in [0.15, 0.2) is 48.5 Å². The normalized spacial score (nSPS) is 19.7. The molecule has 31 heavy (non-hydrogen) atoms. The van der Waals surface area contributed by atoms with Crippen molar-refractivity contribution in [3.05, 3.63) is 59.9 Å². The number of rotatable bonds is 6. The number of aromatic amines is 1. The first-order valence-electron chi connectivity index (χ1n) is 10.8. The Bertz CT molecular complexity index is 976. The zero-order valence-electron chi connectivity index (χ0n) is 18.0. The Kier molecular flexibility index (Phi) is 6.42. The number of hydrogen-bond donors (Lipinski definition) is 3. The molecule has 7 nitrogen and oxygen atoms in total. The van der Waals surface area contributed by atoms with Crippen molar-refractivity contribution in [2.24, 2.45) is 0 Å². The van der Waals surface area contributed by atoms with E-state index in [0.717, 1.165) is 53.9 Å². The summed E-state index contributed by atoms with van der Waals surface area (Å²) in [7, 11) is 3.48. The number of methoxy groups -OCH3 is 1. The van der Waals surface area contributed by atoms with Crippen molar-refractivity contribution >= 4 is 17.1 Å². The van der Waals surface area contributed by atoms with Crippen LogP contribution in [0.4, 0.5) is 4.79 Å². The van der Waals surface area contributed by atoms with Crippen molar-refractivity contribution in [2.45, 2.75) is 50.3 Å². The number of benzene rings is 2. The van der Waals surface area contributed by atoms with Crippen molar-refractivity contribution in [1.29, 1.82) is 0 Å². The van der Waals surface area contributed by atoms with Gasteiger partial charge in [0.05, 0.1) is 30.3 Å². The second kappa shape index (κ2) is 9.39. The number of urea groups is 1. The lowest BCUT2D eigenvalue weighted by atomic mass is 9.92. The zero-order chi connectivity index (χ0) is 21.8. The number of ether oxygens (including phenoxy) is 1. The number of amides is 2. The smallest absolute Gasteiger partial charge is 0.317 e. The third kappa shape index (κ3) is 4.99. The summed E-state index contributed by atoms with van der Waals surface area (Å²) in [5, 5.41) is 13.0. The minimum Gasteiger partial charge on any atom is -0.497 e. The molecule has 2 amide bonds. The highest BCUT2D eigenvalue weighted by Crippen LogP contribution is 2.24. The van der Waals surface area contributed by atoms with E-state index in [4.69, 9.17) is 9.72 Å². The lowest BCUT2D eigenvalue weighted by molar-refractivity contribution is 0.0911. The lowest BCUT2D eigenvalue weighted by Gasteiger charge is -2.34. The van der Waals surface area contributed by atoms with Crippen LogP contribution in [-0.4, -0.2) is 52.3 Å². The van der Waals surface area contributed by atoms with E-state index in [1.165, 1.54) is 0 Å². The highest BCUT2D eigenvalue weighted by Gasteiger charge is 2.28. The van der Waals surface area contributed by atoms with Crippen molar-refractivity contribution < 1.29 is 14.6 Å². The fourth-order valence-corrected chi connectivity index (χ4v) is 4.21. The Labute approximate surface area is 182 Å². The largest absolute Gasteiger partial charge is 0.497 e. The van der Waals surface area contributed by atoms with Crippen LogP contribution in [0.5, 0.6) is 5.75 Å². The second-order valence-corrected chi connectivity index (χ2v) is 8.27. The predicted octanol–water partition coefficient (Wildman–Crippen LogP) is 3.80. The van der Waals surface area contributed by atoms with E-state index in [-0.39, 0.29) is 24.2 Å². The van der Waals surface area contributed by atoms with Gasteiger partial charge in [-0.05, 0) is 61.9 Å². The van der Waals surface area contributed by atoms with Gasteiger partial charge in [0.25, 0.3) is 0 Å². The van der Waals surface area contributed by atoms with Crippen LogP contribution >= 0.6 is 0 Å². The van der Waals surface area contributed by atoms with E-state index in [1.807, 2.05) is 55.6 Å². The van der Waals surface area contributed by atoms with Crippen LogP contribution in [0.3, 0.4) is 0 Å². The molecule has 7 heteroatoms. The maximum Gasteiger partial charge on any atom is 0.317 e. The van der Waals surface area contributed by atoms with Gasteiger partial charge in [-0.2, -0.15) is 0 Å². The van der Waals surface area contributed by atoms with Gasteiger partial charge in [0, 0.05) is 13.1 Å². The van der Waals surface area contributed by atoms with Crippen molar-refractivity contribution in [1.82, 2.24) is 20.2 Å². The van der Waals surface area contributed by atoms with Gasteiger partial charge in [-0.3, -0.25) is 0 Å². The Morgan fingerprint density at radius 3 is 2.58 bits per heavy atom. The van der Waals surface area contributed by atoms with Crippen molar-refractivity contribution in [3.8, 4) is 5.75 Å². The number of imidazole rings is 1. The molecule has 1 aromatic heterocycles. The van der Waals surface area contributed by atoms with E-state index in [1.54, 1.807) is 12.0 Å². The fourth-order valence-electron chi connectivity index (χ4n) is 4.21. The number of fused-ring (bicyclic) bond motifs is 1. The highest BCUT2D eigenvalue weighted by molar-refractivity contribution is 5.76. The molecular weight excluding hydrogens is 392 g/mol. The summed E-state index contributed by atoms with van der Waals surface area (Å²) < 4.78 is 5.26. The molecule has 1 saturated carbocycles. The van der Waals surface area contributed by atoms with Gasteiger partial charge >= 0.3 is 6.03 Å². The molecule has 1 atom stereocenters. The molecule has 2 aromatic carbocycles. The maximum absolute atomic E-state index is 13.1. The molecule has 1 unspecified atom stereocenters. The van der Waals surface area contributed by atoms with Crippen molar-refractivity contribution in [2.75, 3.05) is 14.2 Å². The van der Waals surface area contributed by atoms with Crippen LogP contribution in [0.2, 0.25) is 0 Å². The first-order chi connectivity index (χ1) is 15.0. The van der Waals surface area contributed by atoms with Gasteiger partial charge < -0.3 is 25.0 Å². The fraction of sp³-hybridized carbons (Fsp3) is 0.417. The van der Waals surface area contributed by atoms with Crippen LogP contribution in [0, 0.1) is 0 Å². The van der Waals surface area contributed by atoms with E-state index < -0.39 is 0 Å². The van der Waals surface area contributed by atoms with Gasteiger partial charge in [-0.25, -0.2) is 9.78 Å². The molecule has 0 spiro atoms. The van der Waals surface area contributed by atoms with Crippen molar-refractivity contribution in [3.63, 3.8) is 0 Å². The summed E-state index contributed by atoms with van der Waals surface area (Å²) in [5.74, 6) is 1.53. The lowest BCUT2D eigenvalue weighted by Crippen LogP contribution is -2.47. The van der Waals surface area contributed by atoms with Gasteiger partial charge in [-0.15, -0.1) is 0 Å². The Balaban J connectivity index is 1.54. The van der Waals surface area contributed by atoms with Crippen LogP contribution in [0.25, 0.3) is 11.0 Å². The first-order valence-corrected chi connectivity index (χ1v) is 10.8. The number of aliphatic hydroxyl groups excluding tert-OH is 1. The third-order valence-electron chi connectivity index (χ3n) is 6.17. The summed E-state index contributed by atoms with van der Waals surface area (Å²) in [6, 6.07) is 15.4. The molecule has 0 radical (unpaired) electrons. The summed E-state index contributed by atoms with van der Waals surface area (Å²) in [4.78, 5) is 23.0. The van der Waals surface area contributed by atoms with Crippen LogP contribution < -0.4 is 10.1 Å². The molecule has 0 saturated heterocycles. The summed E-state index contributed by atoms with van der Waals surface area (Å²) in [6.45, 7) is 0. The van der Waals surface area contributed by atoms with E-state index in [9.17, 15) is 9.90 Å². The molecule has 4 rings (SSSR count). The van der Waals surface area contributed by atoms with E-state index >= 15 is 0 Å². The van der Waals surface area contributed by atoms with Crippen LogP contribution in [0.1, 0.15) is 43.1 Å². The number of aliphatic hydroxyl groups is 1. The molecule has 3 aromatic rings. The highest BCUT2D eigenvalue weighted by atomic mass is 16.5. The standard InChI is InChI=1S/C24H30N4O3/c1-28(17-9-11-18(29)12-10-17)24(30)27-22(15-16-7-13-19(31-2)14-8-16)23-25-20-5-3-4-6-21(20)26-23/h3-8,13-14,17-18,22,29H,9-12,15H2,1-2H3,(H,25,26)(H,27,30)/t17-,18-,22?. The quantitative estimate of drug-likeness (QED) is 0.564. The van der Waals surface area contributed by atoms with Gasteiger partial charge in [0.1, 0.15) is 11.6 Å². The molecular formula is C24H30N4O3. The Hall–Kier alpha value is -3.06. The number of H-pyrrole nitrogens is 1. The molecule has 1 heterocycles. The molecule has 1 fully saturated rings. The molecule has 0 aliphatic heterocycles. The predicted molar refractivity (Wildman–Crippen MR) is 120 cm³/mol. The number of carbonyl (C=O) groups excluding carboxylic acids is 1. The van der Waals surface area contributed by atoms with E-state index in [0.29, 0.717) is 6.42 Å². The molecule has 1 aliphatic carbocycles. The number of carbonyl (C=O) groups is 1. The minimum absolute atomic E-state index is 0.125. The molecule has 0 bridgehead atoms. The Morgan fingerprint density at radius 1 is 1.19 bits per heavy atom. The number of nitrogens with zero attached hydrogens (tertiary/aromatic N) is 2. The van der Waals surface area contributed by atoms with Gasteiger partial charge in [0.15, 0.2) is 0 Å². The van der Waals surface area contributed by atoms with Gasteiger partial charge in [0.2, 0.25) is 0 Å². The number of para-hydroxylation sites is 2. The molecule has 164 valence electrons.